The Bertz CT molecular complexity index is 1880. The Morgan fingerprint density at radius 3 is 1.80 bits per heavy atom. The van der Waals surface area contributed by atoms with Gasteiger partial charge in [-0.1, -0.05) is 102 Å². The molecule has 0 unspecified atom stereocenters. The molecule has 3 heterocycles. The number of para-hydroxylation sites is 3. The number of hydrogen-bond acceptors (Lipinski definition) is 1. The molecule has 200 valence electrons. The summed E-state index contributed by atoms with van der Waals surface area (Å²) in [6.07, 6.45) is 4.70. The summed E-state index contributed by atoms with van der Waals surface area (Å²) in [6, 6.07) is 34.0. The van der Waals surface area contributed by atoms with Crippen molar-refractivity contribution in [3.63, 3.8) is 0 Å². The van der Waals surface area contributed by atoms with E-state index in [-0.39, 0.29) is 10.8 Å². The Morgan fingerprint density at radius 2 is 1.18 bits per heavy atom. The summed E-state index contributed by atoms with van der Waals surface area (Å²) < 4.78 is 2.54. The topological polar surface area (TPSA) is 8.17 Å². The molecule has 1 aromatic heterocycles. The molecule has 0 amide bonds. The molecule has 4 aromatic carbocycles. The Kier molecular flexibility index (Phi) is 5.45. The van der Waals surface area contributed by atoms with Gasteiger partial charge < -0.3 is 9.47 Å². The van der Waals surface area contributed by atoms with Gasteiger partial charge in [-0.25, -0.2) is 0 Å². The van der Waals surface area contributed by atoms with E-state index in [0.29, 0.717) is 0 Å². The van der Waals surface area contributed by atoms with Crippen LogP contribution in [-0.2, 0) is 10.8 Å². The van der Waals surface area contributed by atoms with Gasteiger partial charge in [0.1, 0.15) is 0 Å². The molecule has 2 heteroatoms. The largest absolute Gasteiger partial charge is 0.310 e. The van der Waals surface area contributed by atoms with Crippen LogP contribution in [0.2, 0.25) is 0 Å². The molecular formula is C38H38N2. The average Bonchev–Trinajstić information content (AvgIpc) is 3.32. The fourth-order valence-corrected chi connectivity index (χ4v) is 7.59. The minimum absolute atomic E-state index is 0.0309. The SMILES string of the molecule is CC.CC1(C)C2=c3c(c4cc(N5c6ccccc6C(C)(C)c6ccccc65)ccc4n3-c3ccccc31)=CCC2. The van der Waals surface area contributed by atoms with E-state index in [0.717, 1.165) is 12.8 Å². The number of benzene rings is 4. The molecule has 0 spiro atoms. The van der Waals surface area contributed by atoms with Gasteiger partial charge in [-0.05, 0) is 71.5 Å². The second kappa shape index (κ2) is 8.73. The van der Waals surface area contributed by atoms with Crippen LogP contribution in [0.15, 0.2) is 91.0 Å². The maximum Gasteiger partial charge on any atom is 0.0542 e. The van der Waals surface area contributed by atoms with Gasteiger partial charge in [-0.3, -0.25) is 0 Å². The van der Waals surface area contributed by atoms with Crippen molar-refractivity contribution in [3.8, 4) is 5.69 Å². The minimum Gasteiger partial charge on any atom is -0.310 e. The highest BCUT2D eigenvalue weighted by atomic mass is 15.2. The Labute approximate surface area is 237 Å². The predicted octanol–water partition coefficient (Wildman–Crippen LogP) is 8.78. The van der Waals surface area contributed by atoms with Gasteiger partial charge in [0.25, 0.3) is 0 Å². The Hall–Kier alpha value is -4.04. The van der Waals surface area contributed by atoms with Crippen LogP contribution in [0, 0.1) is 0 Å². The molecule has 0 N–H and O–H groups in total. The zero-order chi connectivity index (χ0) is 27.8. The Morgan fingerprint density at radius 1 is 0.625 bits per heavy atom. The third-order valence-corrected chi connectivity index (χ3v) is 9.49. The van der Waals surface area contributed by atoms with Crippen LogP contribution in [-0.4, -0.2) is 4.57 Å². The molecule has 0 saturated heterocycles. The summed E-state index contributed by atoms with van der Waals surface area (Å²) in [5, 5.41) is 4.18. The standard InChI is InChI=1S/C36H32N2.C2H6/c1-35(2)26-13-5-8-17-31(26)37(32-18-9-6-14-27(32)35)23-20-21-30-25(22-23)24-12-11-16-29-34(24)38(30)33-19-10-7-15-28(33)36(29,3)4;1-2/h5-10,12-15,17-22H,11,16H2,1-4H3;1-2H3. The van der Waals surface area contributed by atoms with Crippen molar-refractivity contribution in [2.75, 3.05) is 4.90 Å². The molecule has 40 heavy (non-hydrogen) atoms. The number of aromatic nitrogens is 1. The highest BCUT2D eigenvalue weighted by Crippen LogP contribution is 2.52. The van der Waals surface area contributed by atoms with Crippen LogP contribution in [0.1, 0.15) is 71.1 Å². The number of hydrogen-bond donors (Lipinski definition) is 0. The van der Waals surface area contributed by atoms with Crippen molar-refractivity contribution in [2.24, 2.45) is 0 Å². The quantitative estimate of drug-likeness (QED) is 0.214. The summed E-state index contributed by atoms with van der Waals surface area (Å²) in [6.45, 7) is 13.5. The maximum absolute atomic E-state index is 2.54. The van der Waals surface area contributed by atoms with Gasteiger partial charge in [0.2, 0.25) is 0 Å². The molecule has 0 atom stereocenters. The third kappa shape index (κ3) is 3.17. The first kappa shape index (κ1) is 25.0. The molecule has 5 aromatic rings. The van der Waals surface area contributed by atoms with Crippen molar-refractivity contribution in [1.82, 2.24) is 4.57 Å². The summed E-state index contributed by atoms with van der Waals surface area (Å²) in [7, 11) is 0. The molecule has 2 nitrogen and oxygen atoms in total. The fourth-order valence-electron chi connectivity index (χ4n) is 7.59. The lowest BCUT2D eigenvalue weighted by Crippen LogP contribution is -2.43. The summed E-state index contributed by atoms with van der Waals surface area (Å²) in [5.74, 6) is 0. The van der Waals surface area contributed by atoms with Gasteiger partial charge >= 0.3 is 0 Å². The molecule has 1 aliphatic carbocycles. The predicted molar refractivity (Wildman–Crippen MR) is 171 cm³/mol. The molecule has 2 aliphatic heterocycles. The number of rotatable bonds is 1. The van der Waals surface area contributed by atoms with E-state index < -0.39 is 0 Å². The summed E-state index contributed by atoms with van der Waals surface area (Å²) in [4.78, 5) is 2.48. The lowest BCUT2D eigenvalue weighted by molar-refractivity contribution is 0.632. The number of anilines is 3. The van der Waals surface area contributed by atoms with Crippen LogP contribution in [0.3, 0.4) is 0 Å². The molecule has 3 aliphatic rings. The van der Waals surface area contributed by atoms with Crippen molar-refractivity contribution in [2.45, 2.75) is 65.2 Å². The van der Waals surface area contributed by atoms with E-state index in [1.165, 1.54) is 60.9 Å². The number of fused-ring (bicyclic) bond motifs is 7. The van der Waals surface area contributed by atoms with Crippen LogP contribution in [0.4, 0.5) is 17.1 Å². The summed E-state index contributed by atoms with van der Waals surface area (Å²) >= 11 is 0. The van der Waals surface area contributed by atoms with Crippen molar-refractivity contribution >= 4 is 39.6 Å². The lowest BCUT2D eigenvalue weighted by Gasteiger charge is -2.42. The van der Waals surface area contributed by atoms with Crippen LogP contribution in [0.5, 0.6) is 0 Å². The van der Waals surface area contributed by atoms with Gasteiger partial charge in [-0.15, -0.1) is 0 Å². The van der Waals surface area contributed by atoms with Gasteiger partial charge in [0, 0.05) is 27.1 Å². The minimum atomic E-state index is -0.0536. The first-order chi connectivity index (χ1) is 19.4. The second-order valence-electron chi connectivity index (χ2n) is 12.2. The zero-order valence-corrected chi connectivity index (χ0v) is 24.5. The summed E-state index contributed by atoms with van der Waals surface area (Å²) in [5.41, 5.74) is 12.1. The Balaban J connectivity index is 0.00000130. The first-order valence-corrected chi connectivity index (χ1v) is 14.9. The van der Waals surface area contributed by atoms with E-state index in [1.807, 2.05) is 13.8 Å². The average molecular weight is 523 g/mol. The molecular weight excluding hydrogens is 484 g/mol. The molecule has 0 fully saturated rings. The van der Waals surface area contributed by atoms with Gasteiger partial charge in [0.15, 0.2) is 0 Å². The van der Waals surface area contributed by atoms with Crippen LogP contribution in [0.25, 0.3) is 28.2 Å². The van der Waals surface area contributed by atoms with E-state index in [2.05, 4.69) is 134 Å². The fraction of sp³-hybridized carbons (Fsp3) is 0.263. The van der Waals surface area contributed by atoms with Crippen molar-refractivity contribution in [1.29, 1.82) is 0 Å². The first-order valence-electron chi connectivity index (χ1n) is 14.9. The van der Waals surface area contributed by atoms with Crippen molar-refractivity contribution < 1.29 is 0 Å². The van der Waals surface area contributed by atoms with E-state index in [4.69, 9.17) is 0 Å². The highest BCUT2D eigenvalue weighted by Gasteiger charge is 2.38. The lowest BCUT2D eigenvalue weighted by atomic mass is 9.72. The maximum atomic E-state index is 2.54. The van der Waals surface area contributed by atoms with E-state index in [1.54, 1.807) is 5.57 Å². The van der Waals surface area contributed by atoms with Gasteiger partial charge in [-0.2, -0.15) is 0 Å². The zero-order valence-electron chi connectivity index (χ0n) is 24.5. The van der Waals surface area contributed by atoms with Gasteiger partial charge in [0.05, 0.1) is 27.9 Å². The monoisotopic (exact) mass is 522 g/mol. The molecule has 0 bridgehead atoms. The smallest absolute Gasteiger partial charge is 0.0542 e. The van der Waals surface area contributed by atoms with E-state index >= 15 is 0 Å². The highest BCUT2D eigenvalue weighted by molar-refractivity contribution is 5.94. The van der Waals surface area contributed by atoms with Crippen molar-refractivity contribution in [3.05, 3.63) is 118 Å². The second-order valence-corrected chi connectivity index (χ2v) is 12.2. The third-order valence-electron chi connectivity index (χ3n) is 9.49. The normalized spacial score (nSPS) is 17.1. The number of nitrogens with zero attached hydrogens (tertiary/aromatic N) is 2. The molecule has 0 saturated carbocycles. The molecule has 0 radical (unpaired) electrons. The van der Waals surface area contributed by atoms with Crippen LogP contribution >= 0.6 is 0 Å². The van der Waals surface area contributed by atoms with E-state index in [9.17, 15) is 0 Å². The molecule has 8 rings (SSSR count). The van der Waals surface area contributed by atoms with Crippen LogP contribution < -0.4 is 15.5 Å².